The number of nitrogens with two attached hydrogens (primary N) is 1. The maximum Gasteiger partial charge on any atom is 0.269 e. The van der Waals surface area contributed by atoms with Crippen LogP contribution in [0.25, 0.3) is 0 Å². The smallest absolute Gasteiger partial charge is 0.269 e. The summed E-state index contributed by atoms with van der Waals surface area (Å²) in [6, 6.07) is 9.06. The number of rotatable bonds is 6. The van der Waals surface area contributed by atoms with Gasteiger partial charge in [-0.05, 0) is 17.7 Å². The van der Waals surface area contributed by atoms with Crippen molar-refractivity contribution in [3.8, 4) is 5.75 Å². The fourth-order valence-corrected chi connectivity index (χ4v) is 1.77. The lowest BCUT2D eigenvalue weighted by Gasteiger charge is -2.08. The highest BCUT2D eigenvalue weighted by atomic mass is 16.5. The topological polar surface area (TPSA) is 82.2 Å². The fraction of sp³-hybridized carbons (Fsp3) is 0.286. The minimum Gasteiger partial charge on any atom is -0.497 e. The zero-order valence-corrected chi connectivity index (χ0v) is 11.4. The maximum absolute atomic E-state index is 11.9. The van der Waals surface area contributed by atoms with E-state index in [4.69, 9.17) is 10.5 Å². The standard InChI is InChI=1S/C14H18N4O2/c1-20-13-4-2-11(3-5-13)10-18-14(19)8-12(9-17-18)16-7-6-15/h2-5,8-9,16H,6-7,10,15H2,1H3. The Balaban J connectivity index is 2.10. The molecule has 2 aromatic rings. The van der Waals surface area contributed by atoms with E-state index in [2.05, 4.69) is 10.4 Å². The van der Waals surface area contributed by atoms with Crippen LogP contribution in [0, 0.1) is 0 Å². The first-order valence-corrected chi connectivity index (χ1v) is 6.37. The quantitative estimate of drug-likeness (QED) is 0.809. The highest BCUT2D eigenvalue weighted by molar-refractivity contribution is 5.38. The van der Waals surface area contributed by atoms with Crippen LogP contribution in [0.2, 0.25) is 0 Å². The van der Waals surface area contributed by atoms with Gasteiger partial charge in [-0.2, -0.15) is 5.10 Å². The first-order valence-electron chi connectivity index (χ1n) is 6.37. The van der Waals surface area contributed by atoms with Crippen molar-refractivity contribution in [2.75, 3.05) is 25.5 Å². The molecule has 0 aliphatic heterocycles. The van der Waals surface area contributed by atoms with E-state index in [1.54, 1.807) is 13.3 Å². The lowest BCUT2D eigenvalue weighted by molar-refractivity contribution is 0.414. The average Bonchev–Trinajstić information content (AvgIpc) is 2.48. The molecule has 1 heterocycles. The molecule has 0 saturated carbocycles. The van der Waals surface area contributed by atoms with E-state index in [1.165, 1.54) is 10.7 Å². The molecule has 0 unspecified atom stereocenters. The minimum absolute atomic E-state index is 0.150. The van der Waals surface area contributed by atoms with Crippen LogP contribution in [-0.4, -0.2) is 30.0 Å². The molecule has 0 spiro atoms. The van der Waals surface area contributed by atoms with Gasteiger partial charge in [-0.1, -0.05) is 12.1 Å². The van der Waals surface area contributed by atoms with Gasteiger partial charge in [-0.15, -0.1) is 0 Å². The van der Waals surface area contributed by atoms with Gasteiger partial charge in [0.05, 0.1) is 25.5 Å². The van der Waals surface area contributed by atoms with Crippen LogP contribution in [-0.2, 0) is 6.54 Å². The van der Waals surface area contributed by atoms with Gasteiger partial charge in [0.25, 0.3) is 5.56 Å². The Labute approximate surface area is 117 Å². The van der Waals surface area contributed by atoms with Crippen molar-refractivity contribution in [3.05, 3.63) is 52.4 Å². The number of hydrogen-bond donors (Lipinski definition) is 2. The second-order valence-corrected chi connectivity index (χ2v) is 4.30. The van der Waals surface area contributed by atoms with Gasteiger partial charge in [0, 0.05) is 19.2 Å². The summed E-state index contributed by atoms with van der Waals surface area (Å²) in [6.07, 6.45) is 1.63. The molecule has 0 fully saturated rings. The van der Waals surface area contributed by atoms with Gasteiger partial charge in [-0.3, -0.25) is 4.79 Å². The molecule has 0 atom stereocenters. The summed E-state index contributed by atoms with van der Waals surface area (Å²) < 4.78 is 6.51. The van der Waals surface area contributed by atoms with Crippen LogP contribution >= 0.6 is 0 Å². The van der Waals surface area contributed by atoms with Gasteiger partial charge in [0.1, 0.15) is 5.75 Å². The van der Waals surface area contributed by atoms with Gasteiger partial charge in [0.15, 0.2) is 0 Å². The Kier molecular flexibility index (Phi) is 4.73. The van der Waals surface area contributed by atoms with Crippen molar-refractivity contribution in [2.24, 2.45) is 5.73 Å². The molecule has 6 heteroatoms. The molecule has 1 aromatic heterocycles. The van der Waals surface area contributed by atoms with E-state index in [9.17, 15) is 4.79 Å². The Morgan fingerprint density at radius 3 is 2.70 bits per heavy atom. The number of anilines is 1. The Bertz CT molecular complexity index is 607. The van der Waals surface area contributed by atoms with Crippen LogP contribution in [0.5, 0.6) is 5.75 Å². The van der Waals surface area contributed by atoms with Gasteiger partial charge in [0.2, 0.25) is 0 Å². The zero-order chi connectivity index (χ0) is 14.4. The van der Waals surface area contributed by atoms with Crippen LogP contribution in [0.1, 0.15) is 5.56 Å². The van der Waals surface area contributed by atoms with E-state index in [0.717, 1.165) is 11.3 Å². The van der Waals surface area contributed by atoms with Gasteiger partial charge >= 0.3 is 0 Å². The molecule has 0 aliphatic rings. The zero-order valence-electron chi connectivity index (χ0n) is 11.4. The van der Waals surface area contributed by atoms with Crippen molar-refractivity contribution in [3.63, 3.8) is 0 Å². The summed E-state index contributed by atoms with van der Waals surface area (Å²) in [5.74, 6) is 0.787. The Morgan fingerprint density at radius 2 is 2.10 bits per heavy atom. The number of hydrogen-bond acceptors (Lipinski definition) is 5. The molecule has 6 nitrogen and oxygen atoms in total. The SMILES string of the molecule is COc1ccc(Cn2ncc(NCCN)cc2=O)cc1. The first kappa shape index (κ1) is 14.1. The van der Waals surface area contributed by atoms with Gasteiger partial charge < -0.3 is 15.8 Å². The minimum atomic E-state index is -0.150. The molecule has 0 amide bonds. The summed E-state index contributed by atoms with van der Waals surface area (Å²) in [5, 5.41) is 7.16. The van der Waals surface area contributed by atoms with E-state index < -0.39 is 0 Å². The number of nitrogens with one attached hydrogen (secondary N) is 1. The monoisotopic (exact) mass is 274 g/mol. The third kappa shape index (κ3) is 3.58. The second kappa shape index (κ2) is 6.72. The summed E-state index contributed by atoms with van der Waals surface area (Å²) >= 11 is 0. The molecule has 106 valence electrons. The van der Waals surface area contributed by atoms with E-state index in [0.29, 0.717) is 25.3 Å². The third-order valence-corrected chi connectivity index (χ3v) is 2.83. The molecular weight excluding hydrogens is 256 g/mol. The molecule has 1 aromatic carbocycles. The predicted molar refractivity (Wildman–Crippen MR) is 78.1 cm³/mol. The predicted octanol–water partition coefficient (Wildman–Crippen LogP) is 0.671. The molecule has 0 radical (unpaired) electrons. The Morgan fingerprint density at radius 1 is 1.35 bits per heavy atom. The second-order valence-electron chi connectivity index (χ2n) is 4.30. The van der Waals surface area contributed by atoms with Crippen molar-refractivity contribution < 1.29 is 4.74 Å². The van der Waals surface area contributed by atoms with Crippen molar-refractivity contribution >= 4 is 5.69 Å². The molecular formula is C14H18N4O2. The summed E-state index contributed by atoms with van der Waals surface area (Å²) in [6.45, 7) is 1.55. The molecule has 0 saturated heterocycles. The third-order valence-electron chi connectivity index (χ3n) is 2.83. The summed E-state index contributed by atoms with van der Waals surface area (Å²) in [7, 11) is 1.62. The highest BCUT2D eigenvalue weighted by Gasteiger charge is 2.01. The van der Waals surface area contributed by atoms with E-state index in [1.807, 2.05) is 24.3 Å². The molecule has 0 aliphatic carbocycles. The average molecular weight is 274 g/mol. The number of benzene rings is 1. The Hall–Kier alpha value is -2.34. The van der Waals surface area contributed by atoms with Crippen LogP contribution in [0.3, 0.4) is 0 Å². The molecule has 3 N–H and O–H groups in total. The molecule has 20 heavy (non-hydrogen) atoms. The summed E-state index contributed by atoms with van der Waals surface area (Å²) in [5.41, 5.74) is 6.92. The van der Waals surface area contributed by atoms with E-state index in [-0.39, 0.29) is 5.56 Å². The molecule has 0 bridgehead atoms. The van der Waals surface area contributed by atoms with Crippen LogP contribution < -0.4 is 21.3 Å². The lowest BCUT2D eigenvalue weighted by atomic mass is 10.2. The van der Waals surface area contributed by atoms with Gasteiger partial charge in [-0.25, -0.2) is 4.68 Å². The van der Waals surface area contributed by atoms with Crippen molar-refractivity contribution in [1.29, 1.82) is 0 Å². The fourth-order valence-electron chi connectivity index (χ4n) is 1.77. The van der Waals surface area contributed by atoms with Crippen molar-refractivity contribution in [1.82, 2.24) is 9.78 Å². The molecule has 2 rings (SSSR count). The number of methoxy groups -OCH3 is 1. The van der Waals surface area contributed by atoms with Crippen molar-refractivity contribution in [2.45, 2.75) is 6.54 Å². The number of nitrogens with zero attached hydrogens (tertiary/aromatic N) is 2. The van der Waals surface area contributed by atoms with Crippen LogP contribution in [0.15, 0.2) is 41.3 Å². The lowest BCUT2D eigenvalue weighted by Crippen LogP contribution is -2.24. The van der Waals surface area contributed by atoms with Crippen LogP contribution in [0.4, 0.5) is 5.69 Å². The number of ether oxygens (including phenoxy) is 1. The first-order chi connectivity index (χ1) is 9.72. The largest absolute Gasteiger partial charge is 0.497 e. The number of aromatic nitrogens is 2. The normalized spacial score (nSPS) is 10.3. The van der Waals surface area contributed by atoms with E-state index >= 15 is 0 Å². The maximum atomic E-state index is 11.9. The highest BCUT2D eigenvalue weighted by Crippen LogP contribution is 2.11. The summed E-state index contributed by atoms with van der Waals surface area (Å²) in [4.78, 5) is 11.9.